The molecule has 1 aliphatic rings. The molecule has 10 heteroatoms. The lowest BCUT2D eigenvalue weighted by Gasteiger charge is -2.25. The van der Waals surface area contributed by atoms with Gasteiger partial charge in [0.2, 0.25) is 5.91 Å². The van der Waals surface area contributed by atoms with E-state index < -0.39 is 29.7 Å². The Morgan fingerprint density at radius 2 is 1.85 bits per heavy atom. The zero-order valence-electron chi connectivity index (χ0n) is 14.0. The molecule has 1 aromatic heterocycles. The molecule has 0 saturated carbocycles. The number of hydrazine groups is 1. The first kappa shape index (κ1) is 18.0. The van der Waals surface area contributed by atoms with Crippen LogP contribution < -0.4 is 26.2 Å². The molecular formula is C17H16N4O6. The maximum Gasteiger partial charge on any atom is 0.327 e. The molecule has 0 unspecified atom stereocenters. The van der Waals surface area contributed by atoms with Crippen LogP contribution in [-0.2, 0) is 25.7 Å². The molecule has 10 nitrogen and oxygen atoms in total. The predicted molar refractivity (Wildman–Crippen MR) is 90.9 cm³/mol. The number of carbonyl (C=O) groups excluding carboxylic acids is 4. The van der Waals surface area contributed by atoms with Gasteiger partial charge in [-0.2, -0.15) is 0 Å². The van der Waals surface area contributed by atoms with Gasteiger partial charge in [0, 0.05) is 0 Å². The molecule has 2 aromatic rings. The van der Waals surface area contributed by atoms with Crippen molar-refractivity contribution in [2.45, 2.75) is 19.1 Å². The van der Waals surface area contributed by atoms with Gasteiger partial charge in [-0.05, 0) is 24.3 Å². The lowest BCUT2D eigenvalue weighted by atomic mass is 10.1. The molecule has 4 N–H and O–H groups in total. The van der Waals surface area contributed by atoms with Crippen molar-refractivity contribution in [1.82, 2.24) is 16.2 Å². The summed E-state index contributed by atoms with van der Waals surface area (Å²) >= 11 is 0. The summed E-state index contributed by atoms with van der Waals surface area (Å²) in [5, 5.41) is 4.95. The topological polar surface area (TPSA) is 139 Å². The number of hydrogen-bond donors (Lipinski definition) is 4. The van der Waals surface area contributed by atoms with Gasteiger partial charge in [-0.15, -0.1) is 0 Å². The van der Waals surface area contributed by atoms with Crippen molar-refractivity contribution in [1.29, 1.82) is 0 Å². The second-order valence-corrected chi connectivity index (χ2v) is 5.56. The SMILES string of the molecule is O=C(C[C@@H]1Oc2ccccc2NC1=O)NNC(=O)C(=O)NCc1ccco1. The van der Waals surface area contributed by atoms with Crippen molar-refractivity contribution < 1.29 is 28.3 Å². The van der Waals surface area contributed by atoms with E-state index in [1.807, 2.05) is 5.43 Å². The van der Waals surface area contributed by atoms with Crippen LogP contribution in [0.4, 0.5) is 5.69 Å². The van der Waals surface area contributed by atoms with Gasteiger partial charge in [-0.3, -0.25) is 30.0 Å². The highest BCUT2D eigenvalue weighted by Crippen LogP contribution is 2.29. The van der Waals surface area contributed by atoms with Gasteiger partial charge >= 0.3 is 11.8 Å². The van der Waals surface area contributed by atoms with Gasteiger partial charge in [0.05, 0.1) is 24.9 Å². The van der Waals surface area contributed by atoms with E-state index >= 15 is 0 Å². The van der Waals surface area contributed by atoms with Crippen LogP contribution in [0.1, 0.15) is 12.2 Å². The van der Waals surface area contributed by atoms with Gasteiger partial charge in [0.25, 0.3) is 5.91 Å². The zero-order chi connectivity index (χ0) is 19.2. The van der Waals surface area contributed by atoms with Gasteiger partial charge in [0.15, 0.2) is 6.10 Å². The molecule has 0 fully saturated rings. The Kier molecular flexibility index (Phi) is 5.36. The summed E-state index contributed by atoms with van der Waals surface area (Å²) in [6, 6.07) is 10.1. The normalized spacial score (nSPS) is 15.0. The predicted octanol–water partition coefficient (Wildman–Crippen LogP) is -0.167. The first-order chi connectivity index (χ1) is 13.0. The molecule has 3 rings (SSSR count). The molecule has 1 aromatic carbocycles. The highest BCUT2D eigenvalue weighted by atomic mass is 16.5. The number of furan rings is 1. The quantitative estimate of drug-likeness (QED) is 0.434. The molecule has 2 heterocycles. The summed E-state index contributed by atoms with van der Waals surface area (Å²) in [7, 11) is 0. The fraction of sp³-hybridized carbons (Fsp3) is 0.176. The average molecular weight is 372 g/mol. The Balaban J connectivity index is 1.43. The third kappa shape index (κ3) is 4.63. The molecule has 0 spiro atoms. The second kappa shape index (κ2) is 8.04. The Bertz CT molecular complexity index is 864. The molecule has 140 valence electrons. The van der Waals surface area contributed by atoms with Gasteiger partial charge < -0.3 is 19.8 Å². The standard InChI is InChI=1S/C17H16N4O6/c22-14(8-13-15(23)19-11-5-1-2-6-12(11)27-13)20-21-17(25)16(24)18-9-10-4-3-7-26-10/h1-7,13H,8-9H2,(H,18,24)(H,19,23)(H,20,22)(H,21,25)/t13-/m0/s1. The summed E-state index contributed by atoms with van der Waals surface area (Å²) in [5.74, 6) is -2.27. The number of carbonyl (C=O) groups is 4. The first-order valence-corrected chi connectivity index (χ1v) is 7.99. The van der Waals surface area contributed by atoms with Gasteiger partial charge in [0.1, 0.15) is 11.5 Å². The lowest BCUT2D eigenvalue weighted by Crippen LogP contribution is -2.50. The largest absolute Gasteiger partial charge is 0.478 e. The lowest BCUT2D eigenvalue weighted by molar-refractivity contribution is -0.141. The van der Waals surface area contributed by atoms with Crippen LogP contribution in [0.2, 0.25) is 0 Å². The van der Waals surface area contributed by atoms with Crippen molar-refractivity contribution in [2.24, 2.45) is 0 Å². The molecular weight excluding hydrogens is 356 g/mol. The summed E-state index contributed by atoms with van der Waals surface area (Å²) in [4.78, 5) is 47.1. The van der Waals surface area contributed by atoms with Crippen LogP contribution in [0.15, 0.2) is 47.1 Å². The highest BCUT2D eigenvalue weighted by Gasteiger charge is 2.29. The average Bonchev–Trinajstić information content (AvgIpc) is 3.18. The Labute approximate surface area is 153 Å². The Hall–Kier alpha value is -3.82. The third-order valence-electron chi connectivity index (χ3n) is 3.60. The number of hydrogen-bond acceptors (Lipinski definition) is 6. The fourth-order valence-corrected chi connectivity index (χ4v) is 2.29. The second-order valence-electron chi connectivity index (χ2n) is 5.56. The van der Waals surface area contributed by atoms with E-state index in [1.54, 1.807) is 36.4 Å². The Morgan fingerprint density at radius 1 is 1.04 bits per heavy atom. The molecule has 0 bridgehead atoms. The van der Waals surface area contributed by atoms with Crippen molar-refractivity contribution in [2.75, 3.05) is 5.32 Å². The number of nitrogens with one attached hydrogen (secondary N) is 4. The van der Waals surface area contributed by atoms with Crippen LogP contribution in [0.5, 0.6) is 5.75 Å². The fourth-order valence-electron chi connectivity index (χ4n) is 2.29. The van der Waals surface area contributed by atoms with E-state index in [-0.39, 0.29) is 13.0 Å². The molecule has 27 heavy (non-hydrogen) atoms. The summed E-state index contributed by atoms with van der Waals surface area (Å²) in [5.41, 5.74) is 4.55. The maximum atomic E-state index is 12.0. The smallest absolute Gasteiger partial charge is 0.327 e. The minimum Gasteiger partial charge on any atom is -0.478 e. The maximum absolute atomic E-state index is 12.0. The number of para-hydroxylation sites is 2. The van der Waals surface area contributed by atoms with E-state index in [0.29, 0.717) is 17.2 Å². The van der Waals surface area contributed by atoms with Crippen LogP contribution in [0, 0.1) is 0 Å². The first-order valence-electron chi connectivity index (χ1n) is 7.99. The van der Waals surface area contributed by atoms with E-state index in [1.165, 1.54) is 6.26 Å². The van der Waals surface area contributed by atoms with Gasteiger partial charge in [-0.1, -0.05) is 12.1 Å². The highest BCUT2D eigenvalue weighted by molar-refractivity contribution is 6.35. The number of benzene rings is 1. The third-order valence-corrected chi connectivity index (χ3v) is 3.60. The zero-order valence-corrected chi connectivity index (χ0v) is 14.0. The molecule has 1 aliphatic heterocycles. The number of ether oxygens (including phenoxy) is 1. The van der Waals surface area contributed by atoms with E-state index in [0.717, 1.165) is 0 Å². The van der Waals surface area contributed by atoms with Crippen LogP contribution in [0.25, 0.3) is 0 Å². The molecule has 0 aliphatic carbocycles. The number of fused-ring (bicyclic) bond motifs is 1. The van der Waals surface area contributed by atoms with Crippen molar-refractivity contribution in [3.63, 3.8) is 0 Å². The summed E-state index contributed by atoms with van der Waals surface area (Å²) in [6.45, 7) is 0.0305. The molecule has 4 amide bonds. The van der Waals surface area contributed by atoms with E-state index in [9.17, 15) is 19.2 Å². The van der Waals surface area contributed by atoms with Crippen molar-refractivity contribution >= 4 is 29.3 Å². The minimum atomic E-state index is -1.06. The van der Waals surface area contributed by atoms with Crippen molar-refractivity contribution in [3.05, 3.63) is 48.4 Å². The van der Waals surface area contributed by atoms with E-state index in [2.05, 4.69) is 16.1 Å². The molecule has 0 saturated heterocycles. The molecule has 1 atom stereocenters. The Morgan fingerprint density at radius 3 is 2.63 bits per heavy atom. The van der Waals surface area contributed by atoms with E-state index in [4.69, 9.17) is 9.15 Å². The summed E-state index contributed by atoms with van der Waals surface area (Å²) < 4.78 is 10.5. The van der Waals surface area contributed by atoms with Gasteiger partial charge in [-0.25, -0.2) is 0 Å². The number of amides is 4. The number of anilines is 1. The monoisotopic (exact) mass is 372 g/mol. The molecule has 0 radical (unpaired) electrons. The summed E-state index contributed by atoms with van der Waals surface area (Å²) in [6.07, 6.45) is 0.0440. The van der Waals surface area contributed by atoms with Crippen LogP contribution in [0.3, 0.4) is 0 Å². The minimum absolute atomic E-state index is 0.0305. The van der Waals surface area contributed by atoms with Crippen molar-refractivity contribution in [3.8, 4) is 5.75 Å². The van der Waals surface area contributed by atoms with Crippen LogP contribution in [-0.4, -0.2) is 29.7 Å². The van der Waals surface area contributed by atoms with Crippen LogP contribution >= 0.6 is 0 Å². The number of rotatable bonds is 4.